The lowest BCUT2D eigenvalue weighted by Crippen LogP contribution is -2.41. The van der Waals surface area contributed by atoms with E-state index in [1.54, 1.807) is 12.3 Å². The van der Waals surface area contributed by atoms with Crippen LogP contribution in [-0.2, 0) is 10.0 Å². The van der Waals surface area contributed by atoms with E-state index in [2.05, 4.69) is 15.0 Å². The first-order valence-corrected chi connectivity index (χ1v) is 7.42. The SMILES string of the molecule is CNC1CCC(NS(=O)(=O)c2cc[nH]c2)CC1. The fraction of sp³-hybridized carbons (Fsp3) is 0.636. The van der Waals surface area contributed by atoms with Gasteiger partial charge in [-0.1, -0.05) is 0 Å². The van der Waals surface area contributed by atoms with E-state index in [9.17, 15) is 8.42 Å². The van der Waals surface area contributed by atoms with Crippen molar-refractivity contribution in [3.05, 3.63) is 18.5 Å². The number of H-pyrrole nitrogens is 1. The van der Waals surface area contributed by atoms with Crippen molar-refractivity contribution in [1.82, 2.24) is 15.0 Å². The van der Waals surface area contributed by atoms with Crippen LogP contribution < -0.4 is 10.0 Å². The summed E-state index contributed by atoms with van der Waals surface area (Å²) in [7, 11) is -1.39. The van der Waals surface area contributed by atoms with Crippen LogP contribution in [-0.4, -0.2) is 32.5 Å². The van der Waals surface area contributed by atoms with Crippen molar-refractivity contribution < 1.29 is 8.42 Å². The molecule has 0 aromatic carbocycles. The van der Waals surface area contributed by atoms with Crippen molar-refractivity contribution in [1.29, 1.82) is 0 Å². The molecule has 1 saturated carbocycles. The van der Waals surface area contributed by atoms with Gasteiger partial charge in [0.25, 0.3) is 0 Å². The molecule has 0 unspecified atom stereocenters. The first-order valence-electron chi connectivity index (χ1n) is 5.94. The molecule has 2 rings (SSSR count). The van der Waals surface area contributed by atoms with Crippen LogP contribution in [0.4, 0.5) is 0 Å². The molecule has 3 N–H and O–H groups in total. The zero-order valence-electron chi connectivity index (χ0n) is 9.94. The third kappa shape index (κ3) is 3.08. The summed E-state index contributed by atoms with van der Waals surface area (Å²) in [5, 5.41) is 3.23. The highest BCUT2D eigenvalue weighted by Gasteiger charge is 2.25. The summed E-state index contributed by atoms with van der Waals surface area (Å²) in [6.45, 7) is 0. The Labute approximate surface area is 102 Å². The maximum atomic E-state index is 12.0. The lowest BCUT2D eigenvalue weighted by atomic mass is 9.92. The van der Waals surface area contributed by atoms with Crippen LogP contribution >= 0.6 is 0 Å². The Balaban J connectivity index is 1.94. The Kier molecular flexibility index (Phi) is 3.86. The van der Waals surface area contributed by atoms with Crippen molar-refractivity contribution >= 4 is 10.0 Å². The molecule has 6 heteroatoms. The molecule has 0 spiro atoms. The predicted molar refractivity (Wildman–Crippen MR) is 66.2 cm³/mol. The van der Waals surface area contributed by atoms with Crippen LogP contribution in [0.5, 0.6) is 0 Å². The standard InChI is InChI=1S/C11H19N3O2S/c1-12-9-2-4-10(5-3-9)14-17(15,16)11-6-7-13-8-11/h6-10,12-14H,2-5H2,1H3. The van der Waals surface area contributed by atoms with Crippen molar-refractivity contribution in [2.75, 3.05) is 7.05 Å². The van der Waals surface area contributed by atoms with E-state index in [1.165, 1.54) is 6.20 Å². The van der Waals surface area contributed by atoms with E-state index >= 15 is 0 Å². The quantitative estimate of drug-likeness (QED) is 0.748. The molecule has 1 aliphatic rings. The second kappa shape index (κ2) is 5.20. The Bertz CT molecular complexity index is 433. The van der Waals surface area contributed by atoms with Gasteiger partial charge in [-0.05, 0) is 38.8 Å². The molecule has 0 amide bonds. The lowest BCUT2D eigenvalue weighted by Gasteiger charge is -2.28. The number of hydrogen-bond donors (Lipinski definition) is 3. The van der Waals surface area contributed by atoms with Gasteiger partial charge in [0.15, 0.2) is 0 Å². The van der Waals surface area contributed by atoms with Crippen molar-refractivity contribution in [3.63, 3.8) is 0 Å². The second-order valence-corrected chi connectivity index (χ2v) is 6.22. The molecule has 1 aliphatic carbocycles. The Hall–Kier alpha value is -0.850. The van der Waals surface area contributed by atoms with Crippen LogP contribution in [0.3, 0.4) is 0 Å². The van der Waals surface area contributed by atoms with Gasteiger partial charge in [0, 0.05) is 24.5 Å². The Morgan fingerprint density at radius 3 is 2.41 bits per heavy atom. The van der Waals surface area contributed by atoms with Crippen molar-refractivity contribution in [3.8, 4) is 0 Å². The second-order valence-electron chi connectivity index (χ2n) is 4.51. The molecule has 96 valence electrons. The average molecular weight is 257 g/mol. The average Bonchev–Trinajstić information content (AvgIpc) is 2.84. The molecule has 0 saturated heterocycles. The molecule has 5 nitrogen and oxygen atoms in total. The van der Waals surface area contributed by atoms with E-state index in [1.807, 2.05) is 7.05 Å². The van der Waals surface area contributed by atoms with Gasteiger partial charge in [-0.3, -0.25) is 0 Å². The normalized spacial score (nSPS) is 25.9. The first kappa shape index (κ1) is 12.6. The fourth-order valence-electron chi connectivity index (χ4n) is 2.26. The van der Waals surface area contributed by atoms with Gasteiger partial charge in [-0.2, -0.15) is 0 Å². The van der Waals surface area contributed by atoms with Gasteiger partial charge in [0.05, 0.1) is 4.90 Å². The molecular weight excluding hydrogens is 238 g/mol. The highest BCUT2D eigenvalue weighted by Crippen LogP contribution is 2.20. The summed E-state index contributed by atoms with van der Waals surface area (Å²) < 4.78 is 26.7. The predicted octanol–water partition coefficient (Wildman–Crippen LogP) is 0.824. The topological polar surface area (TPSA) is 74.0 Å². The molecule has 0 atom stereocenters. The number of aromatic nitrogens is 1. The third-order valence-corrected chi connectivity index (χ3v) is 4.86. The first-order chi connectivity index (χ1) is 8.12. The number of sulfonamides is 1. The largest absolute Gasteiger partial charge is 0.366 e. The Morgan fingerprint density at radius 1 is 1.24 bits per heavy atom. The molecular formula is C11H19N3O2S. The van der Waals surface area contributed by atoms with Crippen LogP contribution in [0.2, 0.25) is 0 Å². The summed E-state index contributed by atoms with van der Waals surface area (Å²) >= 11 is 0. The minimum atomic E-state index is -3.34. The van der Waals surface area contributed by atoms with Crippen molar-refractivity contribution in [2.45, 2.75) is 42.7 Å². The van der Waals surface area contributed by atoms with Gasteiger partial charge in [-0.15, -0.1) is 0 Å². The van der Waals surface area contributed by atoms with E-state index in [4.69, 9.17) is 0 Å². The summed E-state index contributed by atoms with van der Waals surface area (Å²) in [6.07, 6.45) is 6.96. The summed E-state index contributed by atoms with van der Waals surface area (Å²) in [5.74, 6) is 0. The van der Waals surface area contributed by atoms with Gasteiger partial charge in [-0.25, -0.2) is 13.1 Å². The number of nitrogens with one attached hydrogen (secondary N) is 3. The lowest BCUT2D eigenvalue weighted by molar-refractivity contribution is 0.343. The van der Waals surface area contributed by atoms with Gasteiger partial charge in [0.1, 0.15) is 0 Å². The summed E-state index contributed by atoms with van der Waals surface area (Å²) in [6, 6.07) is 2.17. The highest BCUT2D eigenvalue weighted by atomic mass is 32.2. The monoisotopic (exact) mass is 257 g/mol. The van der Waals surface area contributed by atoms with Crippen LogP contribution in [0.25, 0.3) is 0 Å². The molecule has 0 aliphatic heterocycles. The van der Waals surface area contributed by atoms with Crippen molar-refractivity contribution in [2.24, 2.45) is 0 Å². The van der Waals surface area contributed by atoms with Gasteiger partial charge in [0.2, 0.25) is 10.0 Å². The van der Waals surface area contributed by atoms with Crippen LogP contribution in [0.1, 0.15) is 25.7 Å². The number of aromatic amines is 1. The molecule has 0 radical (unpaired) electrons. The highest BCUT2D eigenvalue weighted by molar-refractivity contribution is 7.89. The minimum Gasteiger partial charge on any atom is -0.366 e. The van der Waals surface area contributed by atoms with Crippen LogP contribution in [0.15, 0.2) is 23.4 Å². The molecule has 1 heterocycles. The van der Waals surface area contributed by atoms with E-state index in [0.29, 0.717) is 10.9 Å². The van der Waals surface area contributed by atoms with Gasteiger partial charge < -0.3 is 10.3 Å². The molecule has 1 fully saturated rings. The minimum absolute atomic E-state index is 0.0690. The summed E-state index contributed by atoms with van der Waals surface area (Å²) in [4.78, 5) is 3.07. The number of rotatable bonds is 4. The molecule has 17 heavy (non-hydrogen) atoms. The number of hydrogen-bond acceptors (Lipinski definition) is 3. The summed E-state index contributed by atoms with van der Waals surface area (Å²) in [5.41, 5.74) is 0. The van der Waals surface area contributed by atoms with E-state index in [0.717, 1.165) is 25.7 Å². The Morgan fingerprint density at radius 2 is 1.88 bits per heavy atom. The van der Waals surface area contributed by atoms with E-state index < -0.39 is 10.0 Å². The smallest absolute Gasteiger partial charge is 0.242 e. The zero-order valence-corrected chi connectivity index (χ0v) is 10.8. The third-order valence-electron chi connectivity index (χ3n) is 3.34. The molecule has 0 bridgehead atoms. The fourth-order valence-corrected chi connectivity index (χ4v) is 3.54. The van der Waals surface area contributed by atoms with Crippen LogP contribution in [0, 0.1) is 0 Å². The molecule has 1 aromatic heterocycles. The maximum absolute atomic E-state index is 12.0. The zero-order chi connectivity index (χ0) is 12.3. The van der Waals surface area contributed by atoms with E-state index in [-0.39, 0.29) is 6.04 Å². The maximum Gasteiger partial charge on any atom is 0.242 e. The molecule has 1 aromatic rings. The van der Waals surface area contributed by atoms with Gasteiger partial charge >= 0.3 is 0 Å².